The molecule has 0 fully saturated rings. The number of anilines is 1. The molecule has 6 heteroatoms. The van der Waals surface area contributed by atoms with Gasteiger partial charge in [0.25, 0.3) is 5.91 Å². The fourth-order valence-electron chi connectivity index (χ4n) is 2.14. The van der Waals surface area contributed by atoms with Gasteiger partial charge in [-0.15, -0.1) is 21.5 Å². The van der Waals surface area contributed by atoms with Gasteiger partial charge in [0.2, 0.25) is 5.13 Å². The fourth-order valence-corrected chi connectivity index (χ4v) is 3.88. The predicted octanol–water partition coefficient (Wildman–Crippen LogP) is 4.39. The first kappa shape index (κ1) is 14.9. The number of hydrogen-bond acceptors (Lipinski definition) is 5. The van der Waals surface area contributed by atoms with E-state index in [0.29, 0.717) is 10.0 Å². The summed E-state index contributed by atoms with van der Waals surface area (Å²) in [5.41, 5.74) is 2.34. The number of nitrogens with one attached hydrogen (secondary N) is 1. The second-order valence-electron chi connectivity index (χ2n) is 4.76. The van der Waals surface area contributed by atoms with Gasteiger partial charge in [-0.25, -0.2) is 0 Å². The molecule has 0 saturated carbocycles. The zero-order chi connectivity index (χ0) is 15.5. The number of amides is 1. The van der Waals surface area contributed by atoms with Crippen LogP contribution >= 0.6 is 22.7 Å². The lowest BCUT2D eigenvalue weighted by Gasteiger charge is -2.00. The number of rotatable bonds is 4. The Morgan fingerprint density at radius 3 is 2.59 bits per heavy atom. The van der Waals surface area contributed by atoms with Crippen LogP contribution in [0.1, 0.15) is 27.2 Å². The van der Waals surface area contributed by atoms with Crippen LogP contribution in [0.2, 0.25) is 0 Å². The number of nitrogens with zero attached hydrogens (tertiary/aromatic N) is 2. The molecule has 0 radical (unpaired) electrons. The van der Waals surface area contributed by atoms with Crippen molar-refractivity contribution in [2.45, 2.75) is 20.3 Å². The van der Waals surface area contributed by atoms with Crippen LogP contribution in [0.5, 0.6) is 0 Å². The number of carbonyl (C=O) groups is 1. The molecule has 2 aromatic heterocycles. The van der Waals surface area contributed by atoms with E-state index >= 15 is 0 Å². The van der Waals surface area contributed by atoms with Gasteiger partial charge in [0, 0.05) is 4.88 Å². The summed E-state index contributed by atoms with van der Waals surface area (Å²) in [6, 6.07) is 12.1. The third kappa shape index (κ3) is 3.08. The van der Waals surface area contributed by atoms with E-state index in [1.165, 1.54) is 28.2 Å². The van der Waals surface area contributed by atoms with E-state index in [2.05, 4.69) is 34.6 Å². The molecule has 0 aliphatic heterocycles. The second-order valence-corrected chi connectivity index (χ2v) is 7.00. The number of aryl methyl sites for hydroxylation is 2. The van der Waals surface area contributed by atoms with Crippen LogP contribution < -0.4 is 5.32 Å². The Hall–Kier alpha value is -2.05. The Balaban J connectivity index is 1.88. The number of hydrogen-bond donors (Lipinski definition) is 1. The van der Waals surface area contributed by atoms with Crippen molar-refractivity contribution in [2.24, 2.45) is 0 Å². The molecule has 0 atom stereocenters. The standard InChI is InChI=1S/C16H15N3OS2/c1-3-11-9-13(15(20)17-16-19-18-10(2)21-16)22-14(11)12-7-5-4-6-8-12/h4-9H,3H2,1-2H3,(H,17,19,20). The van der Waals surface area contributed by atoms with Crippen LogP contribution in [0.15, 0.2) is 36.4 Å². The monoisotopic (exact) mass is 329 g/mol. The summed E-state index contributed by atoms with van der Waals surface area (Å²) in [5, 5.41) is 12.0. The molecule has 0 unspecified atom stereocenters. The van der Waals surface area contributed by atoms with Crippen LogP contribution in [-0.2, 0) is 6.42 Å². The fraction of sp³-hybridized carbons (Fsp3) is 0.188. The molecule has 22 heavy (non-hydrogen) atoms. The number of carbonyl (C=O) groups excluding carboxylic acids is 1. The van der Waals surface area contributed by atoms with Crippen molar-refractivity contribution in [2.75, 3.05) is 5.32 Å². The van der Waals surface area contributed by atoms with Gasteiger partial charge in [-0.1, -0.05) is 48.6 Å². The van der Waals surface area contributed by atoms with Crippen LogP contribution in [0, 0.1) is 6.92 Å². The molecule has 0 spiro atoms. The summed E-state index contributed by atoms with van der Waals surface area (Å²) in [6.07, 6.45) is 0.895. The van der Waals surface area contributed by atoms with Crippen LogP contribution in [0.4, 0.5) is 5.13 Å². The highest BCUT2D eigenvalue weighted by Gasteiger charge is 2.16. The molecular weight excluding hydrogens is 314 g/mol. The molecule has 1 aromatic carbocycles. The molecule has 3 rings (SSSR count). The zero-order valence-electron chi connectivity index (χ0n) is 12.3. The van der Waals surface area contributed by atoms with Crippen molar-refractivity contribution < 1.29 is 4.79 Å². The summed E-state index contributed by atoms with van der Waals surface area (Å²) in [4.78, 5) is 14.2. The Kier molecular flexibility index (Phi) is 4.31. The molecule has 1 amide bonds. The van der Waals surface area contributed by atoms with Gasteiger partial charge >= 0.3 is 0 Å². The maximum Gasteiger partial charge on any atom is 0.267 e. The van der Waals surface area contributed by atoms with Gasteiger partial charge in [-0.3, -0.25) is 10.1 Å². The summed E-state index contributed by atoms with van der Waals surface area (Å²) < 4.78 is 0. The largest absolute Gasteiger partial charge is 0.296 e. The van der Waals surface area contributed by atoms with Crippen LogP contribution in [0.3, 0.4) is 0 Å². The molecule has 3 aromatic rings. The van der Waals surface area contributed by atoms with Gasteiger partial charge in [-0.2, -0.15) is 0 Å². The Morgan fingerprint density at radius 1 is 1.18 bits per heavy atom. The minimum Gasteiger partial charge on any atom is -0.296 e. The first-order valence-corrected chi connectivity index (χ1v) is 8.60. The highest BCUT2D eigenvalue weighted by molar-refractivity contribution is 7.18. The number of aromatic nitrogens is 2. The Morgan fingerprint density at radius 2 is 1.95 bits per heavy atom. The topological polar surface area (TPSA) is 54.9 Å². The predicted molar refractivity (Wildman–Crippen MR) is 91.7 cm³/mol. The molecule has 0 aliphatic carbocycles. The summed E-state index contributed by atoms with van der Waals surface area (Å²) in [6.45, 7) is 3.96. The lowest BCUT2D eigenvalue weighted by molar-refractivity contribution is 0.103. The van der Waals surface area contributed by atoms with Crippen LogP contribution in [-0.4, -0.2) is 16.1 Å². The summed E-state index contributed by atoms with van der Waals surface area (Å²) in [7, 11) is 0. The quantitative estimate of drug-likeness (QED) is 0.772. The van der Waals surface area contributed by atoms with Gasteiger partial charge < -0.3 is 0 Å². The maximum absolute atomic E-state index is 12.4. The van der Waals surface area contributed by atoms with Gasteiger partial charge in [-0.05, 0) is 30.5 Å². The zero-order valence-corrected chi connectivity index (χ0v) is 13.9. The van der Waals surface area contributed by atoms with E-state index in [1.807, 2.05) is 31.2 Å². The van der Waals surface area contributed by atoms with Crippen molar-refractivity contribution >= 4 is 33.7 Å². The molecule has 2 heterocycles. The SMILES string of the molecule is CCc1cc(C(=O)Nc2nnc(C)s2)sc1-c1ccccc1. The van der Waals surface area contributed by atoms with Crippen molar-refractivity contribution in [1.82, 2.24) is 10.2 Å². The minimum absolute atomic E-state index is 0.127. The van der Waals surface area contributed by atoms with Crippen molar-refractivity contribution in [3.63, 3.8) is 0 Å². The van der Waals surface area contributed by atoms with Crippen molar-refractivity contribution in [3.05, 3.63) is 51.8 Å². The van der Waals surface area contributed by atoms with E-state index in [4.69, 9.17) is 0 Å². The van der Waals surface area contributed by atoms with Crippen LogP contribution in [0.25, 0.3) is 10.4 Å². The molecule has 1 N–H and O–H groups in total. The Labute approximate surface area is 136 Å². The number of benzene rings is 1. The molecule has 112 valence electrons. The van der Waals surface area contributed by atoms with E-state index < -0.39 is 0 Å². The second kappa shape index (κ2) is 6.37. The van der Waals surface area contributed by atoms with E-state index in [-0.39, 0.29) is 5.91 Å². The highest BCUT2D eigenvalue weighted by Crippen LogP contribution is 2.33. The van der Waals surface area contributed by atoms with Crippen molar-refractivity contribution in [1.29, 1.82) is 0 Å². The molecule has 4 nitrogen and oxygen atoms in total. The lowest BCUT2D eigenvalue weighted by atomic mass is 10.1. The van der Waals surface area contributed by atoms with E-state index in [9.17, 15) is 4.79 Å². The molecule has 0 aliphatic rings. The lowest BCUT2D eigenvalue weighted by Crippen LogP contribution is -2.09. The van der Waals surface area contributed by atoms with E-state index in [1.54, 1.807) is 0 Å². The maximum atomic E-state index is 12.4. The molecular formula is C16H15N3OS2. The third-order valence-electron chi connectivity index (χ3n) is 3.20. The Bertz CT molecular complexity index is 793. The van der Waals surface area contributed by atoms with Gasteiger partial charge in [0.1, 0.15) is 5.01 Å². The smallest absolute Gasteiger partial charge is 0.267 e. The third-order valence-corrected chi connectivity index (χ3v) is 5.18. The molecule has 0 saturated heterocycles. The summed E-state index contributed by atoms with van der Waals surface area (Å²) in [5.74, 6) is -0.127. The van der Waals surface area contributed by atoms with E-state index in [0.717, 1.165) is 21.9 Å². The first-order chi connectivity index (χ1) is 10.7. The van der Waals surface area contributed by atoms with Gasteiger partial charge in [0.15, 0.2) is 0 Å². The average Bonchev–Trinajstić information content (AvgIpc) is 3.14. The van der Waals surface area contributed by atoms with Crippen molar-refractivity contribution in [3.8, 4) is 10.4 Å². The first-order valence-electron chi connectivity index (χ1n) is 6.97. The minimum atomic E-state index is -0.127. The molecule has 0 bridgehead atoms. The van der Waals surface area contributed by atoms with Gasteiger partial charge in [0.05, 0.1) is 4.88 Å². The normalized spacial score (nSPS) is 10.6. The average molecular weight is 329 g/mol. The summed E-state index contributed by atoms with van der Waals surface area (Å²) >= 11 is 2.89. The number of thiophene rings is 1. The highest BCUT2D eigenvalue weighted by atomic mass is 32.1.